The number of aryl methyl sites for hydroxylation is 1. The summed E-state index contributed by atoms with van der Waals surface area (Å²) in [5, 5.41) is 7.03. The van der Waals surface area contributed by atoms with Crippen molar-refractivity contribution in [3.8, 4) is 0 Å². The molecule has 1 amide bonds. The maximum Gasteiger partial charge on any atom is 0.221 e. The van der Waals surface area contributed by atoms with Gasteiger partial charge >= 0.3 is 0 Å². The van der Waals surface area contributed by atoms with Crippen molar-refractivity contribution < 1.29 is 9.21 Å². The van der Waals surface area contributed by atoms with E-state index in [2.05, 4.69) is 10.6 Å². The van der Waals surface area contributed by atoms with Crippen LogP contribution in [0.2, 0.25) is 0 Å². The lowest BCUT2D eigenvalue weighted by molar-refractivity contribution is -0.121. The van der Waals surface area contributed by atoms with E-state index in [1.807, 2.05) is 45.2 Å². The van der Waals surface area contributed by atoms with Gasteiger partial charge in [-0.05, 0) is 27.0 Å². The number of para-hydroxylation sites is 1. The number of carbonyl (C=O) groups is 1. The van der Waals surface area contributed by atoms with Gasteiger partial charge in [0.25, 0.3) is 0 Å². The lowest BCUT2D eigenvalue weighted by atomic mass is 10.1. The number of rotatable bonds is 5. The summed E-state index contributed by atoms with van der Waals surface area (Å²) in [5.74, 6) is 0.862. The SMILES string of the molecule is CNCCC(=O)NC(C)c1oc2ccccc2c1C. The summed E-state index contributed by atoms with van der Waals surface area (Å²) in [6, 6.07) is 7.81. The predicted molar refractivity (Wildman–Crippen MR) is 76.1 cm³/mol. The first kappa shape index (κ1) is 13.6. The summed E-state index contributed by atoms with van der Waals surface area (Å²) in [6.45, 7) is 4.65. The monoisotopic (exact) mass is 260 g/mol. The minimum absolute atomic E-state index is 0.0294. The van der Waals surface area contributed by atoms with E-state index in [1.165, 1.54) is 0 Å². The van der Waals surface area contributed by atoms with Gasteiger partial charge in [-0.2, -0.15) is 0 Å². The van der Waals surface area contributed by atoms with Crippen molar-refractivity contribution in [1.82, 2.24) is 10.6 Å². The Labute approximate surface area is 113 Å². The van der Waals surface area contributed by atoms with Crippen LogP contribution in [0, 0.1) is 6.92 Å². The number of fused-ring (bicyclic) bond motifs is 1. The van der Waals surface area contributed by atoms with E-state index in [9.17, 15) is 4.79 Å². The van der Waals surface area contributed by atoms with Crippen LogP contribution in [0.1, 0.15) is 30.7 Å². The van der Waals surface area contributed by atoms with Crippen molar-refractivity contribution >= 4 is 16.9 Å². The Balaban J connectivity index is 2.15. The topological polar surface area (TPSA) is 54.3 Å². The van der Waals surface area contributed by atoms with Gasteiger partial charge in [0.2, 0.25) is 5.91 Å². The molecule has 2 aromatic rings. The molecule has 0 bridgehead atoms. The molecule has 1 aromatic carbocycles. The first-order valence-electron chi connectivity index (χ1n) is 6.55. The Morgan fingerprint density at radius 3 is 2.79 bits per heavy atom. The zero-order valence-corrected chi connectivity index (χ0v) is 11.6. The molecule has 1 aromatic heterocycles. The van der Waals surface area contributed by atoms with Gasteiger partial charge in [0.15, 0.2) is 0 Å². The first-order chi connectivity index (χ1) is 9.13. The molecule has 4 nitrogen and oxygen atoms in total. The number of hydrogen-bond donors (Lipinski definition) is 2. The summed E-state index contributed by atoms with van der Waals surface area (Å²) in [4.78, 5) is 11.7. The highest BCUT2D eigenvalue weighted by atomic mass is 16.3. The largest absolute Gasteiger partial charge is 0.459 e. The zero-order chi connectivity index (χ0) is 13.8. The van der Waals surface area contributed by atoms with Crippen LogP contribution in [-0.4, -0.2) is 19.5 Å². The van der Waals surface area contributed by atoms with Gasteiger partial charge in [-0.15, -0.1) is 0 Å². The molecule has 1 atom stereocenters. The van der Waals surface area contributed by atoms with E-state index in [0.717, 1.165) is 22.3 Å². The van der Waals surface area contributed by atoms with E-state index in [-0.39, 0.29) is 11.9 Å². The second-order valence-corrected chi connectivity index (χ2v) is 4.73. The fourth-order valence-corrected chi connectivity index (χ4v) is 2.22. The van der Waals surface area contributed by atoms with Crippen LogP contribution >= 0.6 is 0 Å². The number of benzene rings is 1. The van der Waals surface area contributed by atoms with E-state index >= 15 is 0 Å². The average Bonchev–Trinajstić information content (AvgIpc) is 2.74. The van der Waals surface area contributed by atoms with Gasteiger partial charge in [0.1, 0.15) is 11.3 Å². The summed E-state index contributed by atoms with van der Waals surface area (Å²) in [6.07, 6.45) is 0.472. The standard InChI is InChI=1S/C15H20N2O2/c1-10-12-6-4-5-7-13(12)19-15(10)11(2)17-14(18)8-9-16-3/h4-7,11,16H,8-9H2,1-3H3,(H,17,18). The molecule has 19 heavy (non-hydrogen) atoms. The van der Waals surface area contributed by atoms with Crippen molar-refractivity contribution in [3.05, 3.63) is 35.6 Å². The molecular weight excluding hydrogens is 240 g/mol. The molecule has 0 radical (unpaired) electrons. The smallest absolute Gasteiger partial charge is 0.221 e. The van der Waals surface area contributed by atoms with Crippen LogP contribution in [0.15, 0.2) is 28.7 Å². The highest BCUT2D eigenvalue weighted by molar-refractivity contribution is 5.82. The van der Waals surface area contributed by atoms with Gasteiger partial charge in [-0.1, -0.05) is 18.2 Å². The summed E-state index contributed by atoms with van der Waals surface area (Å²) in [5.41, 5.74) is 1.96. The fourth-order valence-electron chi connectivity index (χ4n) is 2.22. The quantitative estimate of drug-likeness (QED) is 0.868. The maximum atomic E-state index is 11.7. The van der Waals surface area contributed by atoms with Crippen LogP contribution in [0.4, 0.5) is 0 Å². The number of furan rings is 1. The molecule has 2 rings (SSSR count). The number of carbonyl (C=O) groups excluding carboxylic acids is 1. The van der Waals surface area contributed by atoms with Crippen LogP contribution in [-0.2, 0) is 4.79 Å². The maximum absolute atomic E-state index is 11.7. The molecule has 0 saturated heterocycles. The molecule has 4 heteroatoms. The fraction of sp³-hybridized carbons (Fsp3) is 0.400. The van der Waals surface area contributed by atoms with E-state index in [1.54, 1.807) is 0 Å². The number of hydrogen-bond acceptors (Lipinski definition) is 3. The van der Waals surface area contributed by atoms with E-state index in [4.69, 9.17) is 4.42 Å². The zero-order valence-electron chi connectivity index (χ0n) is 11.6. The normalized spacial score (nSPS) is 12.6. The van der Waals surface area contributed by atoms with Crippen LogP contribution in [0.25, 0.3) is 11.0 Å². The Kier molecular flexibility index (Phi) is 4.22. The second-order valence-electron chi connectivity index (χ2n) is 4.73. The third-order valence-electron chi connectivity index (χ3n) is 3.25. The highest BCUT2D eigenvalue weighted by Gasteiger charge is 2.17. The first-order valence-corrected chi connectivity index (χ1v) is 6.55. The van der Waals surface area contributed by atoms with Gasteiger partial charge < -0.3 is 15.1 Å². The molecule has 0 saturated carbocycles. The Morgan fingerprint density at radius 2 is 2.11 bits per heavy atom. The lowest BCUT2D eigenvalue weighted by Gasteiger charge is -2.12. The minimum Gasteiger partial charge on any atom is -0.459 e. The Bertz CT molecular complexity index is 575. The lowest BCUT2D eigenvalue weighted by Crippen LogP contribution is -2.29. The van der Waals surface area contributed by atoms with Crippen molar-refractivity contribution in [1.29, 1.82) is 0 Å². The van der Waals surface area contributed by atoms with Crippen molar-refractivity contribution in [3.63, 3.8) is 0 Å². The number of amides is 1. The summed E-state index contributed by atoms with van der Waals surface area (Å²) < 4.78 is 5.84. The van der Waals surface area contributed by atoms with Crippen molar-refractivity contribution in [2.75, 3.05) is 13.6 Å². The van der Waals surface area contributed by atoms with E-state index < -0.39 is 0 Å². The average molecular weight is 260 g/mol. The molecule has 0 spiro atoms. The predicted octanol–water partition coefficient (Wildman–Crippen LogP) is 2.53. The van der Waals surface area contributed by atoms with Crippen LogP contribution in [0.3, 0.4) is 0 Å². The molecule has 1 heterocycles. The molecular formula is C15H20N2O2. The molecule has 0 aliphatic rings. The van der Waals surface area contributed by atoms with Gasteiger partial charge in [-0.3, -0.25) is 4.79 Å². The van der Waals surface area contributed by atoms with Gasteiger partial charge in [0.05, 0.1) is 6.04 Å². The van der Waals surface area contributed by atoms with Crippen LogP contribution in [0.5, 0.6) is 0 Å². The van der Waals surface area contributed by atoms with Crippen molar-refractivity contribution in [2.24, 2.45) is 0 Å². The molecule has 102 valence electrons. The molecule has 0 aliphatic heterocycles. The van der Waals surface area contributed by atoms with Gasteiger partial charge in [0, 0.05) is 23.9 Å². The third-order valence-corrected chi connectivity index (χ3v) is 3.25. The third kappa shape index (κ3) is 2.96. The van der Waals surface area contributed by atoms with Crippen LogP contribution < -0.4 is 10.6 Å². The van der Waals surface area contributed by atoms with Gasteiger partial charge in [-0.25, -0.2) is 0 Å². The Morgan fingerprint density at radius 1 is 1.37 bits per heavy atom. The Hall–Kier alpha value is -1.81. The number of nitrogens with one attached hydrogen (secondary N) is 2. The van der Waals surface area contributed by atoms with E-state index in [0.29, 0.717) is 13.0 Å². The minimum atomic E-state index is -0.114. The van der Waals surface area contributed by atoms with Crippen molar-refractivity contribution in [2.45, 2.75) is 26.3 Å². The molecule has 0 aliphatic carbocycles. The molecule has 0 fully saturated rings. The summed E-state index contributed by atoms with van der Waals surface area (Å²) >= 11 is 0. The molecule has 2 N–H and O–H groups in total. The second kappa shape index (κ2) is 5.89. The highest BCUT2D eigenvalue weighted by Crippen LogP contribution is 2.29. The molecule has 1 unspecified atom stereocenters. The summed E-state index contributed by atoms with van der Waals surface area (Å²) in [7, 11) is 1.83.